The Kier molecular flexibility index (Phi) is 7.96. The second-order valence-electron chi connectivity index (χ2n) is 8.33. The number of hydrogen-bond acceptors (Lipinski definition) is 6. The number of carboxylic acids is 1. The van der Waals surface area contributed by atoms with Crippen molar-refractivity contribution in [3.05, 3.63) is 60.1 Å². The highest BCUT2D eigenvalue weighted by atomic mass is 32.3. The SMILES string of the molecule is CC(C)n1c(/C=C/[C@@H](O)C[C@@H](O)CC(=O)O)c(-c2ccc(F)cc2)c2cc(OS(=O)(=O)O)ccc21. The van der Waals surface area contributed by atoms with Crippen molar-refractivity contribution in [2.75, 3.05) is 0 Å². The maximum Gasteiger partial charge on any atom is 0.446 e. The predicted octanol–water partition coefficient (Wildman–Crippen LogP) is 3.81. The number of benzene rings is 2. The van der Waals surface area contributed by atoms with Gasteiger partial charge in [-0.25, -0.2) is 4.39 Å². The minimum absolute atomic E-state index is 0.102. The maximum atomic E-state index is 13.6. The zero-order valence-electron chi connectivity index (χ0n) is 19.0. The van der Waals surface area contributed by atoms with Crippen LogP contribution >= 0.6 is 0 Å². The topological polar surface area (TPSA) is 146 Å². The number of halogens is 1. The van der Waals surface area contributed by atoms with Crippen molar-refractivity contribution in [3.63, 3.8) is 0 Å². The number of hydrogen-bond donors (Lipinski definition) is 4. The molecular weight excluding hydrogens is 481 g/mol. The third kappa shape index (κ3) is 6.67. The molecule has 188 valence electrons. The van der Waals surface area contributed by atoms with Crippen molar-refractivity contribution in [2.24, 2.45) is 0 Å². The van der Waals surface area contributed by atoms with Crippen LogP contribution in [0.5, 0.6) is 5.75 Å². The molecule has 0 saturated carbocycles. The molecule has 0 aliphatic heterocycles. The van der Waals surface area contributed by atoms with Gasteiger partial charge in [0.1, 0.15) is 11.6 Å². The lowest BCUT2D eigenvalue weighted by Crippen LogP contribution is -2.19. The lowest BCUT2D eigenvalue weighted by molar-refractivity contribution is -0.139. The summed E-state index contributed by atoms with van der Waals surface area (Å²) in [4.78, 5) is 10.8. The quantitative estimate of drug-likeness (QED) is 0.303. The third-order valence-corrected chi connectivity index (χ3v) is 5.67. The molecule has 0 spiro atoms. The molecule has 3 aromatic rings. The van der Waals surface area contributed by atoms with Gasteiger partial charge in [0.2, 0.25) is 0 Å². The number of aliphatic carboxylic acids is 1. The molecule has 9 nitrogen and oxygen atoms in total. The van der Waals surface area contributed by atoms with E-state index in [4.69, 9.17) is 9.66 Å². The van der Waals surface area contributed by atoms with Gasteiger partial charge in [-0.05, 0) is 55.8 Å². The van der Waals surface area contributed by atoms with E-state index in [1.165, 1.54) is 30.3 Å². The molecule has 0 bridgehead atoms. The lowest BCUT2D eigenvalue weighted by Gasteiger charge is -2.15. The smallest absolute Gasteiger partial charge is 0.446 e. The second-order valence-corrected chi connectivity index (χ2v) is 9.36. The summed E-state index contributed by atoms with van der Waals surface area (Å²) < 4.78 is 51.7. The van der Waals surface area contributed by atoms with Crippen LogP contribution in [0, 0.1) is 5.82 Å². The van der Waals surface area contributed by atoms with E-state index in [0.717, 1.165) is 0 Å². The summed E-state index contributed by atoms with van der Waals surface area (Å²) in [6.45, 7) is 3.84. The summed E-state index contributed by atoms with van der Waals surface area (Å²) in [6, 6.07) is 9.99. The third-order valence-electron chi connectivity index (χ3n) is 5.26. The Hall–Kier alpha value is -3.25. The lowest BCUT2D eigenvalue weighted by atomic mass is 10.0. The summed E-state index contributed by atoms with van der Waals surface area (Å²) in [6.07, 6.45) is -0.0550. The van der Waals surface area contributed by atoms with Gasteiger partial charge in [-0.3, -0.25) is 9.35 Å². The monoisotopic (exact) mass is 507 g/mol. The van der Waals surface area contributed by atoms with Crippen molar-refractivity contribution in [2.45, 2.75) is 44.9 Å². The fourth-order valence-corrected chi connectivity index (χ4v) is 4.32. The Morgan fingerprint density at radius 1 is 1.14 bits per heavy atom. The molecule has 0 radical (unpaired) electrons. The van der Waals surface area contributed by atoms with Crippen LogP contribution < -0.4 is 4.18 Å². The van der Waals surface area contributed by atoms with Gasteiger partial charge in [0, 0.05) is 34.6 Å². The fourth-order valence-electron chi connectivity index (χ4n) is 3.97. The highest BCUT2D eigenvalue weighted by molar-refractivity contribution is 7.81. The van der Waals surface area contributed by atoms with E-state index in [2.05, 4.69) is 4.18 Å². The van der Waals surface area contributed by atoms with Gasteiger partial charge in [-0.2, -0.15) is 8.42 Å². The summed E-state index contributed by atoms with van der Waals surface area (Å²) in [5, 5.41) is 29.5. The molecule has 0 aliphatic rings. The molecule has 2 aromatic carbocycles. The number of carboxylic acid groups (broad SMARTS) is 1. The molecule has 1 heterocycles. The van der Waals surface area contributed by atoms with E-state index < -0.39 is 40.8 Å². The number of nitrogens with zero attached hydrogens (tertiary/aromatic N) is 1. The number of aromatic nitrogens is 1. The van der Waals surface area contributed by atoms with Crippen LogP contribution in [0.3, 0.4) is 0 Å². The van der Waals surface area contributed by atoms with Crippen LogP contribution in [0.4, 0.5) is 4.39 Å². The highest BCUT2D eigenvalue weighted by Gasteiger charge is 2.21. The molecule has 0 saturated heterocycles. The molecule has 1 aromatic heterocycles. The van der Waals surface area contributed by atoms with Crippen LogP contribution in [0.2, 0.25) is 0 Å². The van der Waals surface area contributed by atoms with E-state index in [9.17, 15) is 27.8 Å². The normalized spacial score (nSPS) is 14.0. The first-order valence-corrected chi connectivity index (χ1v) is 12.1. The maximum absolute atomic E-state index is 13.6. The first kappa shape index (κ1) is 26.4. The van der Waals surface area contributed by atoms with Crippen LogP contribution in [0.1, 0.15) is 38.4 Å². The molecule has 4 N–H and O–H groups in total. The summed E-state index contributed by atoms with van der Waals surface area (Å²) in [5.74, 6) is -1.76. The van der Waals surface area contributed by atoms with E-state index >= 15 is 0 Å². The van der Waals surface area contributed by atoms with Crippen molar-refractivity contribution in [1.29, 1.82) is 0 Å². The van der Waals surface area contributed by atoms with Crippen molar-refractivity contribution in [1.82, 2.24) is 4.57 Å². The first-order valence-electron chi connectivity index (χ1n) is 10.7. The van der Waals surface area contributed by atoms with Crippen molar-refractivity contribution in [3.8, 4) is 16.9 Å². The van der Waals surface area contributed by atoms with Gasteiger partial charge >= 0.3 is 16.4 Å². The van der Waals surface area contributed by atoms with E-state index in [1.54, 1.807) is 24.3 Å². The van der Waals surface area contributed by atoms with Gasteiger partial charge < -0.3 is 24.1 Å². The molecule has 35 heavy (non-hydrogen) atoms. The van der Waals surface area contributed by atoms with Crippen molar-refractivity contribution < 1.29 is 41.7 Å². The minimum atomic E-state index is -4.76. The van der Waals surface area contributed by atoms with Gasteiger partial charge in [-0.1, -0.05) is 18.2 Å². The predicted molar refractivity (Wildman–Crippen MR) is 128 cm³/mol. The highest BCUT2D eigenvalue weighted by Crippen LogP contribution is 2.39. The van der Waals surface area contributed by atoms with E-state index in [1.807, 2.05) is 18.4 Å². The molecule has 11 heteroatoms. The standard InChI is InChI=1S/C24H26FNO8S/c1-14(2)26-21-10-8-19(34-35(31,32)33)13-20(21)24(15-3-5-16(25)6-4-15)22(26)9-7-17(27)11-18(28)12-23(29)30/h3-10,13-14,17-18,27-28H,11-12H2,1-2H3,(H,29,30)(H,31,32,33)/b9-7+/t17-,18-/m1/s1. The van der Waals surface area contributed by atoms with Crippen LogP contribution in [-0.4, -0.2) is 51.0 Å². The largest absolute Gasteiger partial charge is 0.481 e. The number of aliphatic hydroxyl groups is 2. The average Bonchev–Trinajstić information content (AvgIpc) is 3.04. The zero-order chi connectivity index (χ0) is 25.9. The number of carbonyl (C=O) groups is 1. The first-order chi connectivity index (χ1) is 16.4. The summed E-state index contributed by atoms with van der Waals surface area (Å²) in [7, 11) is -4.76. The molecule has 0 fully saturated rings. The van der Waals surface area contributed by atoms with E-state index in [0.29, 0.717) is 27.7 Å². The van der Waals surface area contributed by atoms with Gasteiger partial charge in [0.05, 0.1) is 18.6 Å². The Labute approximate surface area is 201 Å². The Morgan fingerprint density at radius 3 is 2.37 bits per heavy atom. The molecule has 0 aliphatic carbocycles. The fraction of sp³-hybridized carbons (Fsp3) is 0.292. The van der Waals surface area contributed by atoms with Crippen LogP contribution in [0.25, 0.3) is 28.1 Å². The number of rotatable bonds is 10. The van der Waals surface area contributed by atoms with Crippen molar-refractivity contribution >= 4 is 33.3 Å². The van der Waals surface area contributed by atoms with E-state index in [-0.39, 0.29) is 18.2 Å². The van der Waals surface area contributed by atoms with Crippen LogP contribution in [0.15, 0.2) is 48.5 Å². The Bertz CT molecular complexity index is 1350. The summed E-state index contributed by atoms with van der Waals surface area (Å²) >= 11 is 0. The molecular formula is C24H26FNO8S. The summed E-state index contributed by atoms with van der Waals surface area (Å²) in [5.41, 5.74) is 2.46. The van der Waals surface area contributed by atoms with Crippen LogP contribution in [-0.2, 0) is 15.2 Å². The molecule has 0 amide bonds. The molecule has 2 atom stereocenters. The van der Waals surface area contributed by atoms with Gasteiger partial charge in [0.25, 0.3) is 0 Å². The van der Waals surface area contributed by atoms with Gasteiger partial charge in [-0.15, -0.1) is 0 Å². The second kappa shape index (κ2) is 10.6. The number of fused-ring (bicyclic) bond motifs is 1. The average molecular weight is 508 g/mol. The Balaban J connectivity index is 2.19. The zero-order valence-corrected chi connectivity index (χ0v) is 19.8. The molecule has 3 rings (SSSR count). The Morgan fingerprint density at radius 2 is 1.80 bits per heavy atom. The molecule has 0 unspecified atom stereocenters. The number of aliphatic hydroxyl groups excluding tert-OH is 2. The minimum Gasteiger partial charge on any atom is -0.481 e. The van der Waals surface area contributed by atoms with Gasteiger partial charge in [0.15, 0.2) is 0 Å².